The van der Waals surface area contributed by atoms with Gasteiger partial charge < -0.3 is 14.1 Å². The number of aromatic nitrogens is 1. The van der Waals surface area contributed by atoms with Crippen LogP contribution in [-0.2, 0) is 16.1 Å². The molecule has 1 atom stereocenters. The molecule has 2 aliphatic heterocycles. The molecule has 2 saturated heterocycles. The van der Waals surface area contributed by atoms with E-state index in [0.29, 0.717) is 5.89 Å². The standard InChI is InChI=1S/C17H21N3O3S/c21-17(14-3-1-9-22-14)20-7-5-19(6-8-20)11-13-12-23-16(18-13)15-4-2-10-24-15/h2,4,10,12,14H,1,3,5-9,11H2/t14-/m1/s1. The largest absolute Gasteiger partial charge is 0.444 e. The van der Waals surface area contributed by atoms with Crippen molar-refractivity contribution in [3.05, 3.63) is 29.5 Å². The Hall–Kier alpha value is -1.70. The third-order valence-corrected chi connectivity index (χ3v) is 5.42. The summed E-state index contributed by atoms with van der Waals surface area (Å²) in [7, 11) is 0. The number of carbonyl (C=O) groups excluding carboxylic acids is 1. The molecule has 0 aromatic carbocycles. The van der Waals surface area contributed by atoms with E-state index in [2.05, 4.69) is 9.88 Å². The molecular weight excluding hydrogens is 326 g/mol. The van der Waals surface area contributed by atoms with Crippen LogP contribution < -0.4 is 0 Å². The van der Waals surface area contributed by atoms with Gasteiger partial charge in [-0.15, -0.1) is 11.3 Å². The Morgan fingerprint density at radius 3 is 2.92 bits per heavy atom. The second kappa shape index (κ2) is 7.04. The molecule has 2 aromatic heterocycles. The van der Waals surface area contributed by atoms with Gasteiger partial charge in [0.2, 0.25) is 5.89 Å². The zero-order valence-electron chi connectivity index (χ0n) is 13.5. The lowest BCUT2D eigenvalue weighted by atomic mass is 10.2. The van der Waals surface area contributed by atoms with Crippen LogP contribution in [0.1, 0.15) is 18.5 Å². The van der Waals surface area contributed by atoms with Crippen molar-refractivity contribution in [3.63, 3.8) is 0 Å². The molecule has 0 radical (unpaired) electrons. The number of ether oxygens (including phenoxy) is 1. The summed E-state index contributed by atoms with van der Waals surface area (Å²) in [6, 6.07) is 4.00. The summed E-state index contributed by atoms with van der Waals surface area (Å²) in [4.78, 5) is 22.2. The van der Waals surface area contributed by atoms with Crippen LogP contribution in [0.3, 0.4) is 0 Å². The van der Waals surface area contributed by atoms with E-state index in [4.69, 9.17) is 9.15 Å². The van der Waals surface area contributed by atoms with Crippen molar-refractivity contribution in [2.45, 2.75) is 25.5 Å². The average molecular weight is 347 g/mol. The number of amides is 1. The predicted molar refractivity (Wildman–Crippen MR) is 90.6 cm³/mol. The second-order valence-electron chi connectivity index (χ2n) is 6.22. The molecule has 0 bridgehead atoms. The molecule has 24 heavy (non-hydrogen) atoms. The van der Waals surface area contributed by atoms with Gasteiger partial charge in [0, 0.05) is 39.3 Å². The van der Waals surface area contributed by atoms with E-state index >= 15 is 0 Å². The fourth-order valence-corrected chi connectivity index (χ4v) is 3.88. The summed E-state index contributed by atoms with van der Waals surface area (Å²) in [5.41, 5.74) is 0.942. The van der Waals surface area contributed by atoms with E-state index in [1.165, 1.54) is 0 Å². The molecule has 0 N–H and O–H groups in total. The number of thiophene rings is 1. The molecule has 0 aliphatic carbocycles. The zero-order chi connectivity index (χ0) is 16.4. The van der Waals surface area contributed by atoms with Gasteiger partial charge in [-0.1, -0.05) is 6.07 Å². The Balaban J connectivity index is 1.29. The molecule has 4 rings (SSSR count). The van der Waals surface area contributed by atoms with Gasteiger partial charge in [-0.3, -0.25) is 9.69 Å². The van der Waals surface area contributed by atoms with Crippen LogP contribution in [-0.4, -0.2) is 59.6 Å². The van der Waals surface area contributed by atoms with Crippen molar-refractivity contribution >= 4 is 17.2 Å². The predicted octanol–water partition coefficient (Wildman–Crippen LogP) is 2.23. The maximum atomic E-state index is 12.4. The average Bonchev–Trinajstić information content (AvgIpc) is 3.36. The molecule has 2 aromatic rings. The van der Waals surface area contributed by atoms with Crippen LogP contribution in [0.25, 0.3) is 10.8 Å². The lowest BCUT2D eigenvalue weighted by molar-refractivity contribution is -0.142. The van der Waals surface area contributed by atoms with E-state index in [0.717, 1.165) is 62.7 Å². The highest BCUT2D eigenvalue weighted by molar-refractivity contribution is 7.13. The third kappa shape index (κ3) is 3.38. The minimum atomic E-state index is -0.208. The minimum absolute atomic E-state index is 0.161. The summed E-state index contributed by atoms with van der Waals surface area (Å²) < 4.78 is 11.1. The van der Waals surface area contributed by atoms with Crippen LogP contribution in [0.4, 0.5) is 0 Å². The SMILES string of the molecule is O=C([C@H]1CCCO1)N1CCN(Cc2coc(-c3cccs3)n2)CC1. The van der Waals surface area contributed by atoms with Gasteiger partial charge in [-0.2, -0.15) is 0 Å². The van der Waals surface area contributed by atoms with Gasteiger partial charge in [0.25, 0.3) is 5.91 Å². The Bertz CT molecular complexity index is 671. The Kier molecular flexibility index (Phi) is 4.64. The fourth-order valence-electron chi connectivity index (χ4n) is 3.22. The van der Waals surface area contributed by atoms with Crippen LogP contribution in [0.15, 0.2) is 28.2 Å². The molecule has 7 heteroatoms. The maximum absolute atomic E-state index is 12.4. The van der Waals surface area contributed by atoms with Crippen LogP contribution in [0, 0.1) is 0 Å². The smallest absolute Gasteiger partial charge is 0.251 e. The number of nitrogens with zero attached hydrogens (tertiary/aromatic N) is 3. The quantitative estimate of drug-likeness (QED) is 0.849. The Labute approximate surface area is 145 Å². The number of rotatable bonds is 4. The summed E-state index contributed by atoms with van der Waals surface area (Å²) in [5, 5.41) is 2.02. The molecule has 1 amide bonds. The van der Waals surface area contributed by atoms with Crippen molar-refractivity contribution in [1.82, 2.24) is 14.8 Å². The topological polar surface area (TPSA) is 58.8 Å². The fraction of sp³-hybridized carbons (Fsp3) is 0.529. The van der Waals surface area contributed by atoms with Gasteiger partial charge in [0.05, 0.1) is 10.6 Å². The van der Waals surface area contributed by atoms with Gasteiger partial charge in [0.1, 0.15) is 12.4 Å². The van der Waals surface area contributed by atoms with Gasteiger partial charge in [-0.05, 0) is 24.3 Å². The molecule has 2 fully saturated rings. The number of oxazole rings is 1. The molecule has 4 heterocycles. The molecule has 6 nitrogen and oxygen atoms in total. The molecular formula is C17H21N3O3S. The van der Waals surface area contributed by atoms with Gasteiger partial charge in [0.15, 0.2) is 0 Å². The Morgan fingerprint density at radius 2 is 2.21 bits per heavy atom. The highest BCUT2D eigenvalue weighted by Gasteiger charge is 2.30. The number of hydrogen-bond acceptors (Lipinski definition) is 6. The number of carbonyl (C=O) groups is 1. The second-order valence-corrected chi connectivity index (χ2v) is 7.17. The summed E-state index contributed by atoms with van der Waals surface area (Å²) in [6.07, 6.45) is 3.39. The van der Waals surface area contributed by atoms with Crippen molar-refractivity contribution in [1.29, 1.82) is 0 Å². The molecule has 0 unspecified atom stereocenters. The summed E-state index contributed by atoms with van der Waals surface area (Å²) >= 11 is 1.63. The molecule has 0 saturated carbocycles. The van der Waals surface area contributed by atoms with Crippen molar-refractivity contribution < 1.29 is 13.9 Å². The van der Waals surface area contributed by atoms with Crippen molar-refractivity contribution in [3.8, 4) is 10.8 Å². The maximum Gasteiger partial charge on any atom is 0.251 e. The highest BCUT2D eigenvalue weighted by atomic mass is 32.1. The van der Waals surface area contributed by atoms with Crippen LogP contribution >= 0.6 is 11.3 Å². The lowest BCUT2D eigenvalue weighted by Gasteiger charge is -2.35. The third-order valence-electron chi connectivity index (χ3n) is 4.56. The zero-order valence-corrected chi connectivity index (χ0v) is 14.3. The highest BCUT2D eigenvalue weighted by Crippen LogP contribution is 2.24. The molecule has 2 aliphatic rings. The van der Waals surface area contributed by atoms with E-state index in [1.54, 1.807) is 17.6 Å². The van der Waals surface area contributed by atoms with Crippen molar-refractivity contribution in [2.24, 2.45) is 0 Å². The molecule has 0 spiro atoms. The van der Waals surface area contributed by atoms with E-state index in [9.17, 15) is 4.79 Å². The summed E-state index contributed by atoms with van der Waals surface area (Å²) in [6.45, 7) is 4.72. The first kappa shape index (κ1) is 15.8. The van der Waals surface area contributed by atoms with E-state index in [1.807, 2.05) is 22.4 Å². The Morgan fingerprint density at radius 1 is 1.33 bits per heavy atom. The first-order chi connectivity index (χ1) is 11.8. The van der Waals surface area contributed by atoms with Gasteiger partial charge >= 0.3 is 0 Å². The first-order valence-corrected chi connectivity index (χ1v) is 9.28. The van der Waals surface area contributed by atoms with Crippen LogP contribution in [0.2, 0.25) is 0 Å². The van der Waals surface area contributed by atoms with E-state index < -0.39 is 0 Å². The number of piperazine rings is 1. The summed E-state index contributed by atoms with van der Waals surface area (Å²) in [5.74, 6) is 0.848. The van der Waals surface area contributed by atoms with Crippen LogP contribution in [0.5, 0.6) is 0 Å². The van der Waals surface area contributed by atoms with Crippen molar-refractivity contribution in [2.75, 3.05) is 32.8 Å². The van der Waals surface area contributed by atoms with Gasteiger partial charge in [-0.25, -0.2) is 4.98 Å². The minimum Gasteiger partial charge on any atom is -0.444 e. The van der Waals surface area contributed by atoms with E-state index in [-0.39, 0.29) is 12.0 Å². The normalized spacial score (nSPS) is 22.2. The first-order valence-electron chi connectivity index (χ1n) is 8.40. The molecule has 128 valence electrons. The lowest BCUT2D eigenvalue weighted by Crippen LogP contribution is -2.51. The monoisotopic (exact) mass is 347 g/mol. The number of hydrogen-bond donors (Lipinski definition) is 0.